The molecule has 1 saturated heterocycles. The van der Waals surface area contributed by atoms with E-state index < -0.39 is 23.7 Å². The fraction of sp³-hybridized carbons (Fsp3) is 0.769. The van der Waals surface area contributed by atoms with Crippen molar-refractivity contribution < 1.29 is 24.2 Å². The maximum atomic E-state index is 11.6. The van der Waals surface area contributed by atoms with Gasteiger partial charge in [0, 0.05) is 19.5 Å². The predicted octanol–water partition coefficient (Wildman–Crippen LogP) is 0.977. The van der Waals surface area contributed by atoms with Crippen LogP contribution in [0.15, 0.2) is 0 Å². The van der Waals surface area contributed by atoms with Crippen molar-refractivity contribution in [3.63, 3.8) is 0 Å². The number of rotatable bonds is 5. The van der Waals surface area contributed by atoms with Crippen molar-refractivity contribution >= 4 is 18.0 Å². The molecular weight excluding hydrogens is 264 g/mol. The standard InChI is InChI=1S/C13H22N2O5/c1-13(2,3)20-12(19)14-9(11(17)18)6-8-15-7-4-5-10(15)16/h9H,4-8H2,1-3H3,(H,14,19)(H,17,18)/t9-/m0/s1. The Morgan fingerprint density at radius 2 is 2.10 bits per heavy atom. The van der Waals surface area contributed by atoms with Gasteiger partial charge >= 0.3 is 12.1 Å². The lowest BCUT2D eigenvalue weighted by molar-refractivity contribution is -0.140. The molecule has 0 aromatic heterocycles. The molecule has 0 radical (unpaired) electrons. The third-order valence-corrected chi connectivity index (χ3v) is 2.85. The molecule has 2 N–H and O–H groups in total. The summed E-state index contributed by atoms with van der Waals surface area (Å²) in [6, 6.07) is -1.06. The number of ether oxygens (including phenoxy) is 1. The van der Waals surface area contributed by atoms with Gasteiger partial charge in [0.05, 0.1) is 0 Å². The molecule has 0 saturated carbocycles. The molecule has 0 aliphatic carbocycles. The van der Waals surface area contributed by atoms with Crippen LogP contribution in [0.5, 0.6) is 0 Å². The Balaban J connectivity index is 2.46. The van der Waals surface area contributed by atoms with Gasteiger partial charge in [0.25, 0.3) is 0 Å². The Bertz CT molecular complexity index is 389. The highest BCUT2D eigenvalue weighted by Crippen LogP contribution is 2.11. The number of likely N-dealkylation sites (tertiary alicyclic amines) is 1. The van der Waals surface area contributed by atoms with E-state index in [1.54, 1.807) is 25.7 Å². The van der Waals surface area contributed by atoms with Crippen LogP contribution in [0.2, 0.25) is 0 Å². The zero-order valence-corrected chi connectivity index (χ0v) is 12.1. The summed E-state index contributed by atoms with van der Waals surface area (Å²) in [4.78, 5) is 35.7. The van der Waals surface area contributed by atoms with Gasteiger partial charge < -0.3 is 20.1 Å². The lowest BCUT2D eigenvalue weighted by atomic mass is 10.2. The third-order valence-electron chi connectivity index (χ3n) is 2.85. The number of carbonyl (C=O) groups excluding carboxylic acids is 2. The summed E-state index contributed by atoms with van der Waals surface area (Å²) in [5.74, 6) is -1.10. The highest BCUT2D eigenvalue weighted by Gasteiger charge is 2.26. The molecule has 0 aromatic rings. The van der Waals surface area contributed by atoms with Crippen LogP contribution in [0.25, 0.3) is 0 Å². The number of hydrogen-bond acceptors (Lipinski definition) is 4. The average Bonchev–Trinajstić information content (AvgIpc) is 2.67. The van der Waals surface area contributed by atoms with Gasteiger partial charge in [-0.2, -0.15) is 0 Å². The third kappa shape index (κ3) is 5.46. The van der Waals surface area contributed by atoms with Crippen molar-refractivity contribution in [2.45, 2.75) is 51.7 Å². The Morgan fingerprint density at radius 3 is 2.55 bits per heavy atom. The fourth-order valence-electron chi connectivity index (χ4n) is 1.93. The van der Waals surface area contributed by atoms with Gasteiger partial charge in [0.2, 0.25) is 5.91 Å². The molecule has 0 bridgehead atoms. The number of alkyl carbamates (subject to hydrolysis) is 1. The largest absolute Gasteiger partial charge is 0.480 e. The molecule has 114 valence electrons. The van der Waals surface area contributed by atoms with Crippen molar-refractivity contribution in [1.29, 1.82) is 0 Å². The Labute approximate surface area is 118 Å². The molecule has 20 heavy (non-hydrogen) atoms. The minimum absolute atomic E-state index is 0.0337. The second-order valence-electron chi connectivity index (χ2n) is 5.81. The van der Waals surface area contributed by atoms with Crippen LogP contribution < -0.4 is 5.32 Å². The number of carbonyl (C=O) groups is 3. The molecule has 1 fully saturated rings. The molecule has 1 aliphatic rings. The SMILES string of the molecule is CC(C)(C)OC(=O)N[C@@H](CCN1CCCC1=O)C(=O)O. The number of nitrogens with one attached hydrogen (secondary N) is 1. The highest BCUT2D eigenvalue weighted by atomic mass is 16.6. The summed E-state index contributed by atoms with van der Waals surface area (Å²) < 4.78 is 5.02. The minimum atomic E-state index is -1.14. The van der Waals surface area contributed by atoms with Gasteiger partial charge in [-0.05, 0) is 33.6 Å². The van der Waals surface area contributed by atoms with Crippen LogP contribution in [0.3, 0.4) is 0 Å². The molecule has 1 aliphatic heterocycles. The molecular formula is C13H22N2O5. The van der Waals surface area contributed by atoms with Crippen LogP contribution in [0.1, 0.15) is 40.0 Å². The van der Waals surface area contributed by atoms with E-state index in [0.717, 1.165) is 6.42 Å². The Kier molecular flexibility index (Phi) is 5.35. The average molecular weight is 286 g/mol. The van der Waals surface area contributed by atoms with Crippen LogP contribution in [0.4, 0.5) is 4.79 Å². The normalized spacial score (nSPS) is 16.9. The number of amides is 2. The van der Waals surface area contributed by atoms with E-state index in [4.69, 9.17) is 9.84 Å². The van der Waals surface area contributed by atoms with Crippen molar-refractivity contribution in [1.82, 2.24) is 10.2 Å². The van der Waals surface area contributed by atoms with E-state index in [2.05, 4.69) is 5.32 Å². The number of nitrogens with zero attached hydrogens (tertiary/aromatic N) is 1. The molecule has 7 nitrogen and oxygen atoms in total. The molecule has 1 heterocycles. The second kappa shape index (κ2) is 6.58. The topological polar surface area (TPSA) is 95.9 Å². The maximum Gasteiger partial charge on any atom is 0.408 e. The first-order valence-corrected chi connectivity index (χ1v) is 6.69. The van der Waals surface area contributed by atoms with Crippen LogP contribution in [0, 0.1) is 0 Å². The Morgan fingerprint density at radius 1 is 1.45 bits per heavy atom. The molecule has 0 aromatic carbocycles. The van der Waals surface area contributed by atoms with Gasteiger partial charge in [-0.15, -0.1) is 0 Å². The number of carboxylic acid groups (broad SMARTS) is 1. The zero-order chi connectivity index (χ0) is 15.3. The minimum Gasteiger partial charge on any atom is -0.480 e. The molecule has 7 heteroatoms. The monoisotopic (exact) mass is 286 g/mol. The first kappa shape index (κ1) is 16.3. The fourth-order valence-corrected chi connectivity index (χ4v) is 1.93. The zero-order valence-electron chi connectivity index (χ0n) is 12.1. The van der Waals surface area contributed by atoms with Crippen LogP contribution >= 0.6 is 0 Å². The number of carboxylic acids is 1. The van der Waals surface area contributed by atoms with E-state index >= 15 is 0 Å². The van der Waals surface area contributed by atoms with Crippen LogP contribution in [-0.2, 0) is 14.3 Å². The second-order valence-corrected chi connectivity index (χ2v) is 5.81. The Hall–Kier alpha value is -1.79. The molecule has 2 amide bonds. The van der Waals surface area contributed by atoms with Gasteiger partial charge in [0.1, 0.15) is 11.6 Å². The summed E-state index contributed by atoms with van der Waals surface area (Å²) in [5.41, 5.74) is -0.682. The molecule has 1 rings (SSSR count). The number of hydrogen-bond donors (Lipinski definition) is 2. The van der Waals surface area contributed by atoms with E-state index in [9.17, 15) is 14.4 Å². The summed E-state index contributed by atoms with van der Waals surface area (Å²) >= 11 is 0. The quantitative estimate of drug-likeness (QED) is 0.785. The van der Waals surface area contributed by atoms with E-state index in [-0.39, 0.29) is 12.3 Å². The lowest BCUT2D eigenvalue weighted by Crippen LogP contribution is -2.45. The van der Waals surface area contributed by atoms with Crippen molar-refractivity contribution in [2.24, 2.45) is 0 Å². The van der Waals surface area contributed by atoms with Crippen LogP contribution in [-0.4, -0.2) is 52.7 Å². The number of aliphatic carboxylic acids is 1. The van der Waals surface area contributed by atoms with Crippen molar-refractivity contribution in [3.05, 3.63) is 0 Å². The first-order valence-electron chi connectivity index (χ1n) is 6.69. The van der Waals surface area contributed by atoms with Gasteiger partial charge in [-0.3, -0.25) is 4.79 Å². The first-order chi connectivity index (χ1) is 9.19. The summed E-state index contributed by atoms with van der Waals surface area (Å²) in [5, 5.41) is 11.4. The molecule has 0 spiro atoms. The van der Waals surface area contributed by atoms with E-state index in [1.807, 2.05) is 0 Å². The van der Waals surface area contributed by atoms with Crippen molar-refractivity contribution in [3.8, 4) is 0 Å². The van der Waals surface area contributed by atoms with E-state index in [1.165, 1.54) is 0 Å². The van der Waals surface area contributed by atoms with Gasteiger partial charge in [-0.25, -0.2) is 9.59 Å². The van der Waals surface area contributed by atoms with Crippen molar-refractivity contribution in [2.75, 3.05) is 13.1 Å². The predicted molar refractivity (Wildman–Crippen MR) is 71.2 cm³/mol. The summed E-state index contributed by atoms with van der Waals surface area (Å²) in [7, 11) is 0. The van der Waals surface area contributed by atoms with Gasteiger partial charge in [-0.1, -0.05) is 0 Å². The lowest BCUT2D eigenvalue weighted by Gasteiger charge is -2.23. The smallest absolute Gasteiger partial charge is 0.408 e. The maximum absolute atomic E-state index is 11.6. The highest BCUT2D eigenvalue weighted by molar-refractivity contribution is 5.80. The van der Waals surface area contributed by atoms with E-state index in [0.29, 0.717) is 19.5 Å². The summed E-state index contributed by atoms with van der Waals surface area (Å²) in [6.45, 7) is 6.07. The van der Waals surface area contributed by atoms with Gasteiger partial charge in [0.15, 0.2) is 0 Å². The molecule has 0 unspecified atom stereocenters. The summed E-state index contributed by atoms with van der Waals surface area (Å²) in [6.07, 6.45) is 0.714. The molecule has 1 atom stereocenters.